The first-order chi connectivity index (χ1) is 5.70. The summed E-state index contributed by atoms with van der Waals surface area (Å²) in [5.74, 6) is 0.776. The molecule has 4 heteroatoms. The highest BCUT2D eigenvalue weighted by molar-refractivity contribution is 9.10. The van der Waals surface area contributed by atoms with Crippen molar-refractivity contribution in [2.24, 2.45) is 0 Å². The Balaban J connectivity index is 2.69. The predicted octanol–water partition coefficient (Wildman–Crippen LogP) is 2.62. The summed E-state index contributed by atoms with van der Waals surface area (Å²) in [5, 5.41) is 0.600. The summed E-state index contributed by atoms with van der Waals surface area (Å²) in [6.45, 7) is 0.692. The molecule has 0 atom stereocenters. The molecule has 0 bridgehead atoms. The molecule has 0 aromatic heterocycles. The number of hydrogen-bond donors (Lipinski definition) is 1. The molecule has 12 heavy (non-hydrogen) atoms. The van der Waals surface area contributed by atoms with Crippen molar-refractivity contribution < 1.29 is 4.74 Å². The highest BCUT2D eigenvalue weighted by atomic mass is 79.9. The molecule has 1 aliphatic rings. The van der Waals surface area contributed by atoms with E-state index in [1.165, 1.54) is 0 Å². The fourth-order valence-corrected chi connectivity index (χ4v) is 2.10. The first kappa shape index (κ1) is 8.20. The van der Waals surface area contributed by atoms with Crippen LogP contribution in [0.1, 0.15) is 5.56 Å². The average molecular weight is 249 g/mol. The van der Waals surface area contributed by atoms with Crippen LogP contribution in [0.5, 0.6) is 5.75 Å². The zero-order valence-electron chi connectivity index (χ0n) is 6.23. The van der Waals surface area contributed by atoms with Gasteiger partial charge in [-0.1, -0.05) is 11.6 Å². The minimum Gasteiger partial charge on any atom is -0.491 e. The Kier molecular flexibility index (Phi) is 1.93. The van der Waals surface area contributed by atoms with Crippen LogP contribution in [-0.2, 0) is 6.42 Å². The van der Waals surface area contributed by atoms with Crippen molar-refractivity contribution in [2.75, 3.05) is 12.3 Å². The van der Waals surface area contributed by atoms with E-state index in [0.717, 1.165) is 22.2 Å². The molecule has 0 aliphatic carbocycles. The highest BCUT2D eigenvalue weighted by Crippen LogP contribution is 2.41. The fourth-order valence-electron chi connectivity index (χ4n) is 1.32. The van der Waals surface area contributed by atoms with Crippen molar-refractivity contribution in [1.29, 1.82) is 0 Å². The van der Waals surface area contributed by atoms with E-state index in [-0.39, 0.29) is 0 Å². The van der Waals surface area contributed by atoms with Gasteiger partial charge in [-0.15, -0.1) is 0 Å². The monoisotopic (exact) mass is 247 g/mol. The van der Waals surface area contributed by atoms with Gasteiger partial charge in [-0.2, -0.15) is 0 Å². The maximum absolute atomic E-state index is 5.92. The number of halogens is 2. The third kappa shape index (κ3) is 1.08. The number of ether oxygens (including phenoxy) is 1. The van der Waals surface area contributed by atoms with Gasteiger partial charge < -0.3 is 10.5 Å². The molecule has 1 aromatic rings. The number of nitrogen functional groups attached to an aromatic ring is 1. The van der Waals surface area contributed by atoms with E-state index in [0.29, 0.717) is 17.3 Å². The predicted molar refractivity (Wildman–Crippen MR) is 52.8 cm³/mol. The average Bonchev–Trinajstić information content (AvgIpc) is 2.48. The quantitative estimate of drug-likeness (QED) is 0.716. The Morgan fingerprint density at radius 3 is 3.08 bits per heavy atom. The van der Waals surface area contributed by atoms with E-state index in [1.54, 1.807) is 6.07 Å². The summed E-state index contributed by atoms with van der Waals surface area (Å²) in [6, 6.07) is 1.70. The SMILES string of the molecule is Nc1cc(Cl)c2c(c1Br)CCO2. The second-order valence-electron chi connectivity index (χ2n) is 2.67. The van der Waals surface area contributed by atoms with Crippen LogP contribution in [0.25, 0.3) is 0 Å². The minimum absolute atomic E-state index is 0.600. The zero-order chi connectivity index (χ0) is 8.72. The Bertz CT molecular complexity index is 340. The molecule has 0 saturated heterocycles. The van der Waals surface area contributed by atoms with Gasteiger partial charge in [0.05, 0.1) is 11.6 Å². The Morgan fingerprint density at radius 2 is 2.33 bits per heavy atom. The van der Waals surface area contributed by atoms with Crippen molar-refractivity contribution in [2.45, 2.75) is 6.42 Å². The molecule has 2 N–H and O–H groups in total. The van der Waals surface area contributed by atoms with E-state index in [2.05, 4.69) is 15.9 Å². The van der Waals surface area contributed by atoms with Crippen molar-refractivity contribution >= 4 is 33.2 Å². The molecule has 1 aromatic carbocycles. The summed E-state index contributed by atoms with van der Waals surface area (Å²) < 4.78 is 6.26. The summed E-state index contributed by atoms with van der Waals surface area (Å²) >= 11 is 9.32. The van der Waals surface area contributed by atoms with Crippen LogP contribution in [-0.4, -0.2) is 6.61 Å². The van der Waals surface area contributed by atoms with Gasteiger partial charge in [-0.3, -0.25) is 0 Å². The molecular formula is C8H7BrClNO. The van der Waals surface area contributed by atoms with E-state index in [9.17, 15) is 0 Å². The van der Waals surface area contributed by atoms with Gasteiger partial charge >= 0.3 is 0 Å². The normalized spacial score (nSPS) is 14.2. The first-order valence-electron chi connectivity index (χ1n) is 3.59. The number of nitrogens with two attached hydrogens (primary N) is 1. The maximum Gasteiger partial charge on any atom is 0.142 e. The van der Waals surface area contributed by atoms with Crippen LogP contribution in [0.3, 0.4) is 0 Å². The number of hydrogen-bond acceptors (Lipinski definition) is 2. The molecule has 1 aliphatic heterocycles. The van der Waals surface area contributed by atoms with Crippen LogP contribution < -0.4 is 10.5 Å². The summed E-state index contributed by atoms with van der Waals surface area (Å²) in [4.78, 5) is 0. The lowest BCUT2D eigenvalue weighted by molar-refractivity contribution is 0.357. The van der Waals surface area contributed by atoms with Crippen molar-refractivity contribution in [1.82, 2.24) is 0 Å². The lowest BCUT2D eigenvalue weighted by Gasteiger charge is -2.06. The van der Waals surface area contributed by atoms with E-state index in [1.807, 2.05) is 0 Å². The largest absolute Gasteiger partial charge is 0.491 e. The molecule has 0 spiro atoms. The molecule has 64 valence electrons. The second-order valence-corrected chi connectivity index (χ2v) is 3.87. The topological polar surface area (TPSA) is 35.2 Å². The first-order valence-corrected chi connectivity index (χ1v) is 4.76. The molecule has 0 radical (unpaired) electrons. The minimum atomic E-state index is 0.600. The van der Waals surface area contributed by atoms with E-state index < -0.39 is 0 Å². The van der Waals surface area contributed by atoms with Gasteiger partial charge in [-0.05, 0) is 22.0 Å². The molecule has 0 fully saturated rings. The fraction of sp³-hybridized carbons (Fsp3) is 0.250. The molecule has 2 rings (SSSR count). The van der Waals surface area contributed by atoms with Gasteiger partial charge in [0, 0.05) is 22.1 Å². The standard InChI is InChI=1S/C8H7BrClNO/c9-7-4-1-2-12-8(4)5(10)3-6(7)11/h3H,1-2,11H2. The number of rotatable bonds is 0. The van der Waals surface area contributed by atoms with Crippen LogP contribution in [0.15, 0.2) is 10.5 Å². The highest BCUT2D eigenvalue weighted by Gasteiger charge is 2.20. The van der Waals surface area contributed by atoms with Crippen LogP contribution >= 0.6 is 27.5 Å². The number of anilines is 1. The molecule has 2 nitrogen and oxygen atoms in total. The molecule has 1 heterocycles. The Labute approximate surface area is 83.8 Å². The Morgan fingerprint density at radius 1 is 1.58 bits per heavy atom. The Hall–Kier alpha value is -0.410. The molecule has 0 amide bonds. The lowest BCUT2D eigenvalue weighted by atomic mass is 10.1. The summed E-state index contributed by atoms with van der Waals surface area (Å²) in [7, 11) is 0. The van der Waals surface area contributed by atoms with Crippen LogP contribution in [0.4, 0.5) is 5.69 Å². The van der Waals surface area contributed by atoms with Crippen molar-refractivity contribution in [3.8, 4) is 5.75 Å². The smallest absolute Gasteiger partial charge is 0.142 e. The zero-order valence-corrected chi connectivity index (χ0v) is 8.58. The molecule has 0 saturated carbocycles. The van der Waals surface area contributed by atoms with Gasteiger partial charge in [0.1, 0.15) is 5.75 Å². The lowest BCUT2D eigenvalue weighted by Crippen LogP contribution is -1.90. The van der Waals surface area contributed by atoms with Gasteiger partial charge in [-0.25, -0.2) is 0 Å². The third-order valence-electron chi connectivity index (χ3n) is 1.89. The summed E-state index contributed by atoms with van der Waals surface area (Å²) in [5.41, 5.74) is 7.46. The van der Waals surface area contributed by atoms with Crippen LogP contribution in [0, 0.1) is 0 Å². The van der Waals surface area contributed by atoms with Crippen molar-refractivity contribution in [3.05, 3.63) is 21.1 Å². The molecular weight excluding hydrogens is 241 g/mol. The van der Waals surface area contributed by atoms with Gasteiger partial charge in [0.2, 0.25) is 0 Å². The second kappa shape index (κ2) is 2.82. The maximum atomic E-state index is 5.92. The number of fused-ring (bicyclic) bond motifs is 1. The number of benzene rings is 1. The van der Waals surface area contributed by atoms with E-state index >= 15 is 0 Å². The molecule has 0 unspecified atom stereocenters. The van der Waals surface area contributed by atoms with Gasteiger partial charge in [0.25, 0.3) is 0 Å². The summed E-state index contributed by atoms with van der Waals surface area (Å²) in [6.07, 6.45) is 0.876. The van der Waals surface area contributed by atoms with Crippen LogP contribution in [0.2, 0.25) is 5.02 Å². The van der Waals surface area contributed by atoms with Crippen molar-refractivity contribution in [3.63, 3.8) is 0 Å². The van der Waals surface area contributed by atoms with E-state index in [4.69, 9.17) is 22.1 Å². The van der Waals surface area contributed by atoms with Gasteiger partial charge in [0.15, 0.2) is 0 Å². The third-order valence-corrected chi connectivity index (χ3v) is 3.11.